The van der Waals surface area contributed by atoms with E-state index in [-0.39, 0.29) is 17.1 Å². The van der Waals surface area contributed by atoms with Crippen LogP contribution in [0.5, 0.6) is 0 Å². The van der Waals surface area contributed by atoms with Crippen molar-refractivity contribution in [1.82, 2.24) is 4.98 Å². The van der Waals surface area contributed by atoms with E-state index >= 15 is 0 Å². The third kappa shape index (κ3) is 3.83. The number of nitrogens with zero attached hydrogens (tertiary/aromatic N) is 1. The molecule has 0 saturated heterocycles. The monoisotopic (exact) mass is 366 g/mol. The number of hydrogen-bond acceptors (Lipinski definition) is 3. The molecule has 0 spiro atoms. The molecule has 2 aromatic heterocycles. The summed E-state index contributed by atoms with van der Waals surface area (Å²) in [4.78, 5) is 16.0. The predicted octanol–water partition coefficient (Wildman–Crippen LogP) is 5.27. The van der Waals surface area contributed by atoms with Crippen molar-refractivity contribution in [3.8, 4) is 11.3 Å². The minimum Gasteiger partial charge on any atom is -0.451 e. The second kappa shape index (κ2) is 6.60. The lowest BCUT2D eigenvalue weighted by Crippen LogP contribution is -2.11. The highest BCUT2D eigenvalue weighted by molar-refractivity contribution is 6.31. The molecule has 0 atom stereocenters. The number of rotatable bonds is 3. The number of carbonyl (C=O) groups is 1. The van der Waals surface area contributed by atoms with Crippen LogP contribution in [0.2, 0.25) is 5.02 Å². The highest BCUT2D eigenvalue weighted by Crippen LogP contribution is 2.37. The lowest BCUT2D eigenvalue weighted by molar-refractivity contribution is -0.137. The number of furan rings is 1. The summed E-state index contributed by atoms with van der Waals surface area (Å²) >= 11 is 5.59. The Morgan fingerprint density at radius 1 is 1.12 bits per heavy atom. The van der Waals surface area contributed by atoms with Gasteiger partial charge in [0.1, 0.15) is 11.6 Å². The zero-order valence-electron chi connectivity index (χ0n) is 12.5. The number of aromatic nitrogens is 1. The summed E-state index contributed by atoms with van der Waals surface area (Å²) in [7, 11) is 0. The molecule has 2 heterocycles. The summed E-state index contributed by atoms with van der Waals surface area (Å²) in [6.07, 6.45) is -3.07. The average molecular weight is 367 g/mol. The van der Waals surface area contributed by atoms with E-state index in [0.717, 1.165) is 12.1 Å². The Hall–Kier alpha value is -2.80. The van der Waals surface area contributed by atoms with Gasteiger partial charge in [0.05, 0.1) is 10.6 Å². The maximum atomic E-state index is 12.9. The Morgan fingerprint density at radius 2 is 1.92 bits per heavy atom. The lowest BCUT2D eigenvalue weighted by Gasteiger charge is -2.09. The van der Waals surface area contributed by atoms with Gasteiger partial charge < -0.3 is 9.73 Å². The Morgan fingerprint density at radius 3 is 2.60 bits per heavy atom. The number of amides is 1. The van der Waals surface area contributed by atoms with Crippen molar-refractivity contribution >= 4 is 23.3 Å². The Bertz CT molecular complexity index is 908. The van der Waals surface area contributed by atoms with E-state index in [0.29, 0.717) is 5.82 Å². The molecule has 3 rings (SSSR count). The van der Waals surface area contributed by atoms with E-state index in [1.807, 2.05) is 0 Å². The van der Waals surface area contributed by atoms with Crippen molar-refractivity contribution in [3.05, 3.63) is 71.1 Å². The third-order valence-corrected chi connectivity index (χ3v) is 3.62. The molecule has 0 bridgehead atoms. The molecule has 0 aliphatic rings. The van der Waals surface area contributed by atoms with Crippen LogP contribution in [0.3, 0.4) is 0 Å². The fourth-order valence-corrected chi connectivity index (χ4v) is 2.35. The molecule has 4 nitrogen and oxygen atoms in total. The van der Waals surface area contributed by atoms with Crippen molar-refractivity contribution in [2.24, 2.45) is 0 Å². The summed E-state index contributed by atoms with van der Waals surface area (Å²) < 4.78 is 44.2. The molecule has 1 N–H and O–H groups in total. The maximum Gasteiger partial charge on any atom is 0.417 e. The Labute approximate surface area is 145 Å². The van der Waals surface area contributed by atoms with Crippen LogP contribution in [0.25, 0.3) is 11.3 Å². The van der Waals surface area contributed by atoms with Crippen molar-refractivity contribution in [2.75, 3.05) is 5.32 Å². The molecule has 25 heavy (non-hydrogen) atoms. The quantitative estimate of drug-likeness (QED) is 0.687. The third-order valence-electron chi connectivity index (χ3n) is 3.29. The van der Waals surface area contributed by atoms with E-state index in [4.69, 9.17) is 16.0 Å². The highest BCUT2D eigenvalue weighted by atomic mass is 35.5. The van der Waals surface area contributed by atoms with Crippen LogP contribution in [0, 0.1) is 0 Å². The lowest BCUT2D eigenvalue weighted by atomic mass is 10.1. The molecule has 1 aromatic carbocycles. The van der Waals surface area contributed by atoms with Crippen molar-refractivity contribution in [2.45, 2.75) is 6.18 Å². The van der Waals surface area contributed by atoms with E-state index in [1.165, 1.54) is 24.4 Å². The van der Waals surface area contributed by atoms with Gasteiger partial charge in [-0.25, -0.2) is 4.98 Å². The number of anilines is 1. The van der Waals surface area contributed by atoms with Gasteiger partial charge in [0.2, 0.25) is 0 Å². The number of pyridine rings is 1. The number of hydrogen-bond donors (Lipinski definition) is 1. The standard InChI is InChI=1S/C17H10ClF3N2O2/c18-12-5-4-10(9-11(12)17(19,20)21)13-6-7-14(25-13)16(24)23-15-3-1-2-8-22-15/h1-9H,(H,22,23,24). The minimum absolute atomic E-state index is 0.0517. The van der Waals surface area contributed by atoms with Gasteiger partial charge in [-0.15, -0.1) is 0 Å². The summed E-state index contributed by atoms with van der Waals surface area (Å²) in [5.74, 6) is -0.163. The van der Waals surface area contributed by atoms with Gasteiger partial charge >= 0.3 is 6.18 Å². The summed E-state index contributed by atoms with van der Waals surface area (Å²) in [6, 6.07) is 11.2. The van der Waals surface area contributed by atoms with Crippen LogP contribution in [-0.2, 0) is 6.18 Å². The minimum atomic E-state index is -4.58. The molecule has 0 saturated carbocycles. The molecule has 3 aromatic rings. The molecule has 0 fully saturated rings. The molecule has 8 heteroatoms. The van der Waals surface area contributed by atoms with E-state index in [1.54, 1.807) is 18.2 Å². The van der Waals surface area contributed by atoms with Crippen LogP contribution in [0.15, 0.2) is 59.1 Å². The molecule has 0 aliphatic carbocycles. The van der Waals surface area contributed by atoms with Gasteiger partial charge in [0, 0.05) is 11.8 Å². The van der Waals surface area contributed by atoms with Gasteiger partial charge in [-0.3, -0.25) is 4.79 Å². The molecular formula is C17H10ClF3N2O2. The fraction of sp³-hybridized carbons (Fsp3) is 0.0588. The van der Waals surface area contributed by atoms with Crippen molar-refractivity contribution < 1.29 is 22.4 Å². The zero-order chi connectivity index (χ0) is 18.0. The number of carbonyl (C=O) groups excluding carboxylic acids is 1. The summed E-state index contributed by atoms with van der Waals surface area (Å²) in [5, 5.41) is 2.12. The normalized spacial score (nSPS) is 11.4. The first-order valence-corrected chi connectivity index (χ1v) is 7.42. The SMILES string of the molecule is O=C(Nc1ccccn1)c1ccc(-c2ccc(Cl)c(C(F)(F)F)c2)o1. The van der Waals surface area contributed by atoms with Crippen LogP contribution in [-0.4, -0.2) is 10.9 Å². The predicted molar refractivity (Wildman–Crippen MR) is 86.3 cm³/mol. The molecule has 1 amide bonds. The van der Waals surface area contributed by atoms with Crippen LogP contribution >= 0.6 is 11.6 Å². The molecule has 0 aliphatic heterocycles. The Balaban J connectivity index is 1.85. The number of halogens is 4. The van der Waals surface area contributed by atoms with Gasteiger partial charge in [-0.1, -0.05) is 17.7 Å². The van der Waals surface area contributed by atoms with E-state index in [2.05, 4.69) is 10.3 Å². The van der Waals surface area contributed by atoms with Gasteiger partial charge in [-0.2, -0.15) is 13.2 Å². The number of alkyl halides is 3. The zero-order valence-corrected chi connectivity index (χ0v) is 13.2. The summed E-state index contributed by atoms with van der Waals surface area (Å²) in [6.45, 7) is 0. The largest absolute Gasteiger partial charge is 0.451 e. The second-order valence-corrected chi connectivity index (χ2v) is 5.43. The summed E-state index contributed by atoms with van der Waals surface area (Å²) in [5.41, 5.74) is -0.809. The van der Waals surface area contributed by atoms with Crippen molar-refractivity contribution in [3.63, 3.8) is 0 Å². The van der Waals surface area contributed by atoms with Gasteiger partial charge in [0.25, 0.3) is 5.91 Å². The average Bonchev–Trinajstić information content (AvgIpc) is 3.05. The van der Waals surface area contributed by atoms with Gasteiger partial charge in [-0.05, 0) is 42.5 Å². The first-order valence-electron chi connectivity index (χ1n) is 7.04. The van der Waals surface area contributed by atoms with Crippen LogP contribution in [0.4, 0.5) is 19.0 Å². The van der Waals surface area contributed by atoms with Crippen LogP contribution in [0.1, 0.15) is 16.1 Å². The molecule has 128 valence electrons. The fourth-order valence-electron chi connectivity index (χ4n) is 2.13. The van der Waals surface area contributed by atoms with E-state index < -0.39 is 22.7 Å². The second-order valence-electron chi connectivity index (χ2n) is 5.03. The smallest absolute Gasteiger partial charge is 0.417 e. The molecule has 0 radical (unpaired) electrons. The first kappa shape index (κ1) is 17.0. The van der Waals surface area contributed by atoms with Gasteiger partial charge in [0.15, 0.2) is 5.76 Å². The number of benzene rings is 1. The first-order chi connectivity index (χ1) is 11.8. The maximum absolute atomic E-state index is 12.9. The van der Waals surface area contributed by atoms with E-state index in [9.17, 15) is 18.0 Å². The Kier molecular flexibility index (Phi) is 4.50. The number of nitrogens with one attached hydrogen (secondary N) is 1. The molecular weight excluding hydrogens is 357 g/mol. The molecule has 0 unspecified atom stereocenters. The topological polar surface area (TPSA) is 55.1 Å². The highest BCUT2D eigenvalue weighted by Gasteiger charge is 2.33. The van der Waals surface area contributed by atoms with Crippen molar-refractivity contribution in [1.29, 1.82) is 0 Å². The van der Waals surface area contributed by atoms with Crippen LogP contribution < -0.4 is 5.32 Å².